The van der Waals surface area contributed by atoms with Gasteiger partial charge >= 0.3 is 0 Å². The van der Waals surface area contributed by atoms with Crippen LogP contribution in [0, 0.1) is 11.3 Å². The molecule has 0 bridgehead atoms. The number of thioether (sulfide) groups is 1. The van der Waals surface area contributed by atoms with Crippen molar-refractivity contribution in [2.24, 2.45) is 0 Å². The number of hydrogen-bond donors (Lipinski definition) is 1. The van der Waals surface area contributed by atoms with Gasteiger partial charge in [-0.15, -0.1) is 6.58 Å². The molecule has 0 aliphatic carbocycles. The van der Waals surface area contributed by atoms with Gasteiger partial charge in [-0.05, 0) is 12.1 Å². The van der Waals surface area contributed by atoms with Gasteiger partial charge in [-0.3, -0.25) is 4.79 Å². The SMILES string of the molecule is C=CCNC(=O)CSc1nc2cc(OC)c(OC)cc2cc1C#N. The molecule has 0 radical (unpaired) electrons. The normalized spacial score (nSPS) is 10.0. The highest BCUT2D eigenvalue weighted by Gasteiger charge is 2.13. The lowest BCUT2D eigenvalue weighted by atomic mass is 10.1. The first-order valence-corrected chi connectivity index (χ1v) is 8.08. The fraction of sp³-hybridized carbons (Fsp3) is 0.235. The summed E-state index contributed by atoms with van der Waals surface area (Å²) >= 11 is 1.22. The molecule has 124 valence electrons. The lowest BCUT2D eigenvalue weighted by Gasteiger charge is -2.10. The molecule has 1 N–H and O–H groups in total. The van der Waals surface area contributed by atoms with E-state index < -0.39 is 0 Å². The van der Waals surface area contributed by atoms with Crippen molar-refractivity contribution in [3.63, 3.8) is 0 Å². The topological polar surface area (TPSA) is 84.2 Å². The average Bonchev–Trinajstić information content (AvgIpc) is 2.62. The van der Waals surface area contributed by atoms with Crippen LogP contribution in [0.25, 0.3) is 10.9 Å². The van der Waals surface area contributed by atoms with E-state index in [9.17, 15) is 10.1 Å². The van der Waals surface area contributed by atoms with E-state index in [1.807, 2.05) is 0 Å². The van der Waals surface area contributed by atoms with Crippen molar-refractivity contribution in [2.75, 3.05) is 26.5 Å². The number of carbonyl (C=O) groups excluding carboxylic acids is 1. The molecular weight excluding hydrogens is 326 g/mol. The number of methoxy groups -OCH3 is 2. The molecule has 1 heterocycles. The van der Waals surface area contributed by atoms with E-state index in [1.165, 1.54) is 11.8 Å². The van der Waals surface area contributed by atoms with Crippen LogP contribution in [0.15, 0.2) is 35.9 Å². The van der Waals surface area contributed by atoms with Crippen molar-refractivity contribution in [2.45, 2.75) is 5.03 Å². The van der Waals surface area contributed by atoms with Gasteiger partial charge in [-0.1, -0.05) is 17.8 Å². The average molecular weight is 343 g/mol. The minimum atomic E-state index is -0.141. The molecule has 1 aromatic heterocycles. The molecule has 1 aromatic carbocycles. The first kappa shape index (κ1) is 17.6. The van der Waals surface area contributed by atoms with Gasteiger partial charge in [0.05, 0.1) is 31.1 Å². The van der Waals surface area contributed by atoms with Crippen LogP contribution >= 0.6 is 11.8 Å². The third-order valence-electron chi connectivity index (χ3n) is 3.19. The molecule has 1 amide bonds. The van der Waals surface area contributed by atoms with Crippen molar-refractivity contribution in [1.82, 2.24) is 10.3 Å². The van der Waals surface area contributed by atoms with E-state index in [1.54, 1.807) is 38.5 Å². The lowest BCUT2D eigenvalue weighted by molar-refractivity contribution is -0.118. The number of nitriles is 1. The Hall–Kier alpha value is -2.72. The summed E-state index contributed by atoms with van der Waals surface area (Å²) in [6.07, 6.45) is 1.61. The van der Waals surface area contributed by atoms with Crippen LogP contribution in [0.2, 0.25) is 0 Å². The van der Waals surface area contributed by atoms with Gasteiger partial charge in [-0.2, -0.15) is 5.26 Å². The van der Waals surface area contributed by atoms with Crippen LogP contribution in [0.4, 0.5) is 0 Å². The molecular formula is C17H17N3O3S. The zero-order chi connectivity index (χ0) is 17.5. The molecule has 0 atom stereocenters. The molecule has 0 aliphatic heterocycles. The van der Waals surface area contributed by atoms with Crippen molar-refractivity contribution < 1.29 is 14.3 Å². The van der Waals surface area contributed by atoms with Crippen LogP contribution in [0.5, 0.6) is 11.5 Å². The molecule has 0 unspecified atom stereocenters. The van der Waals surface area contributed by atoms with Crippen LogP contribution in [-0.2, 0) is 4.79 Å². The van der Waals surface area contributed by atoms with Gasteiger partial charge < -0.3 is 14.8 Å². The number of aromatic nitrogens is 1. The van der Waals surface area contributed by atoms with Gasteiger partial charge in [0.15, 0.2) is 11.5 Å². The highest BCUT2D eigenvalue weighted by atomic mass is 32.2. The molecule has 2 aromatic rings. The monoisotopic (exact) mass is 343 g/mol. The Morgan fingerprint density at radius 3 is 2.71 bits per heavy atom. The molecule has 0 fully saturated rings. The Kier molecular flexibility index (Phi) is 6.04. The second kappa shape index (κ2) is 8.22. The number of fused-ring (bicyclic) bond motifs is 1. The minimum absolute atomic E-state index is 0.141. The van der Waals surface area contributed by atoms with E-state index in [2.05, 4.69) is 22.9 Å². The Morgan fingerprint density at radius 1 is 1.38 bits per heavy atom. The quantitative estimate of drug-likeness (QED) is 0.614. The summed E-state index contributed by atoms with van der Waals surface area (Å²) in [5, 5.41) is 13.3. The maximum Gasteiger partial charge on any atom is 0.230 e. The first-order chi connectivity index (χ1) is 11.6. The van der Waals surface area contributed by atoms with E-state index in [-0.39, 0.29) is 11.7 Å². The lowest BCUT2D eigenvalue weighted by Crippen LogP contribution is -2.25. The standard InChI is InChI=1S/C17H17N3O3S/c1-4-5-19-16(21)10-24-17-12(9-18)6-11-7-14(22-2)15(23-3)8-13(11)20-17/h4,6-8H,1,5,10H2,2-3H3,(H,19,21). The Balaban J connectivity index is 2.34. The van der Waals surface area contributed by atoms with E-state index >= 15 is 0 Å². The number of ether oxygens (including phenoxy) is 2. The van der Waals surface area contributed by atoms with Gasteiger partial charge in [0.1, 0.15) is 11.1 Å². The van der Waals surface area contributed by atoms with Crippen LogP contribution < -0.4 is 14.8 Å². The second-order valence-corrected chi connectivity index (χ2v) is 5.70. The van der Waals surface area contributed by atoms with E-state index in [0.29, 0.717) is 34.1 Å². The van der Waals surface area contributed by atoms with Crippen LogP contribution in [0.3, 0.4) is 0 Å². The number of rotatable bonds is 7. The largest absolute Gasteiger partial charge is 0.493 e. The molecule has 0 saturated carbocycles. The van der Waals surface area contributed by atoms with Crippen LogP contribution in [0.1, 0.15) is 5.56 Å². The molecule has 0 saturated heterocycles. The van der Waals surface area contributed by atoms with Crippen molar-refractivity contribution in [1.29, 1.82) is 5.26 Å². The predicted octanol–water partition coefficient (Wildman–Crippen LogP) is 2.52. The second-order valence-electron chi connectivity index (χ2n) is 4.73. The van der Waals surface area contributed by atoms with Crippen molar-refractivity contribution >= 4 is 28.6 Å². The number of nitrogens with one attached hydrogen (secondary N) is 1. The molecule has 7 heteroatoms. The Morgan fingerprint density at radius 2 is 2.08 bits per heavy atom. The molecule has 6 nitrogen and oxygen atoms in total. The molecule has 24 heavy (non-hydrogen) atoms. The van der Waals surface area contributed by atoms with E-state index in [0.717, 1.165) is 5.39 Å². The Labute approximate surface area is 144 Å². The van der Waals surface area contributed by atoms with Gasteiger partial charge in [0, 0.05) is 18.0 Å². The molecule has 0 aliphatic rings. The van der Waals surface area contributed by atoms with Crippen molar-refractivity contribution in [3.05, 3.63) is 36.4 Å². The molecule has 2 rings (SSSR count). The van der Waals surface area contributed by atoms with Crippen molar-refractivity contribution in [3.8, 4) is 17.6 Å². The van der Waals surface area contributed by atoms with Crippen LogP contribution in [-0.4, -0.2) is 37.4 Å². The smallest absolute Gasteiger partial charge is 0.230 e. The number of benzene rings is 1. The third kappa shape index (κ3) is 3.97. The number of nitrogens with zero attached hydrogens (tertiary/aromatic N) is 2. The Bertz CT molecular complexity index is 815. The zero-order valence-corrected chi connectivity index (χ0v) is 14.3. The third-order valence-corrected chi connectivity index (χ3v) is 4.18. The van der Waals surface area contributed by atoms with Gasteiger partial charge in [-0.25, -0.2) is 4.98 Å². The minimum Gasteiger partial charge on any atom is -0.493 e. The summed E-state index contributed by atoms with van der Waals surface area (Å²) in [4.78, 5) is 16.2. The summed E-state index contributed by atoms with van der Waals surface area (Å²) in [6, 6.07) is 7.37. The predicted molar refractivity (Wildman–Crippen MR) is 93.5 cm³/mol. The fourth-order valence-electron chi connectivity index (χ4n) is 2.04. The fourth-order valence-corrected chi connectivity index (χ4v) is 2.84. The summed E-state index contributed by atoms with van der Waals surface area (Å²) < 4.78 is 10.5. The zero-order valence-electron chi connectivity index (χ0n) is 13.5. The summed E-state index contributed by atoms with van der Waals surface area (Å²) in [6.45, 7) is 3.95. The van der Waals surface area contributed by atoms with Gasteiger partial charge in [0.25, 0.3) is 0 Å². The number of carbonyl (C=O) groups is 1. The first-order valence-electron chi connectivity index (χ1n) is 7.10. The highest BCUT2D eigenvalue weighted by Crippen LogP contribution is 2.33. The number of hydrogen-bond acceptors (Lipinski definition) is 6. The highest BCUT2D eigenvalue weighted by molar-refractivity contribution is 8.00. The molecule has 0 spiro atoms. The number of amides is 1. The maximum absolute atomic E-state index is 11.7. The maximum atomic E-state index is 11.7. The summed E-state index contributed by atoms with van der Waals surface area (Å²) in [5.41, 5.74) is 1.08. The number of pyridine rings is 1. The van der Waals surface area contributed by atoms with E-state index in [4.69, 9.17) is 9.47 Å². The van der Waals surface area contributed by atoms with Gasteiger partial charge in [0.2, 0.25) is 5.91 Å². The summed E-state index contributed by atoms with van der Waals surface area (Å²) in [7, 11) is 3.10. The summed E-state index contributed by atoms with van der Waals surface area (Å²) in [5.74, 6) is 1.16.